The van der Waals surface area contributed by atoms with Crippen LogP contribution in [-0.2, 0) is 9.53 Å². The summed E-state index contributed by atoms with van der Waals surface area (Å²) in [6.45, 7) is 4.45. The van der Waals surface area contributed by atoms with Crippen molar-refractivity contribution in [3.8, 4) is 0 Å². The fraction of sp³-hybridized carbons (Fsp3) is 0.290. The van der Waals surface area contributed by atoms with Crippen LogP contribution in [0.3, 0.4) is 0 Å². The number of amides is 1. The summed E-state index contributed by atoms with van der Waals surface area (Å²) in [5, 5.41) is 0. The topological polar surface area (TPSA) is 46.6 Å². The molecule has 36 heavy (non-hydrogen) atoms. The number of nitrogens with zero attached hydrogens (tertiary/aromatic N) is 1. The standard InChI is InChI=1S/C31H33GeNO3/c1-31(2)23-36-30(35)33(31)29(24-13-12-20-28(34)21-24)22-32(25-14-6-3-7-15-25,26-16-8-4-9-17-26)27-18-10-5-11-19-27/h3-11,14-19,22,24H,12-13,20-21,23H2,1-2H3/b29-22+. The van der Waals surface area contributed by atoms with E-state index < -0.39 is 18.8 Å². The molecule has 0 bridgehead atoms. The maximum absolute atomic E-state index is 13.2. The van der Waals surface area contributed by atoms with E-state index in [9.17, 15) is 9.59 Å². The summed E-state index contributed by atoms with van der Waals surface area (Å²) in [5.41, 5.74) is 0.480. The van der Waals surface area contributed by atoms with Gasteiger partial charge in [-0.15, -0.1) is 0 Å². The quantitative estimate of drug-likeness (QED) is 0.431. The predicted octanol–water partition coefficient (Wildman–Crippen LogP) is 4.57. The summed E-state index contributed by atoms with van der Waals surface area (Å²) < 4.78 is 9.47. The summed E-state index contributed by atoms with van der Waals surface area (Å²) in [6, 6.07) is 32.2. The van der Waals surface area contributed by atoms with Gasteiger partial charge in [0.05, 0.1) is 0 Å². The van der Waals surface area contributed by atoms with Gasteiger partial charge in [0, 0.05) is 0 Å². The molecule has 184 valence electrons. The second-order valence-corrected chi connectivity index (χ2v) is 18.1. The van der Waals surface area contributed by atoms with Crippen LogP contribution < -0.4 is 13.2 Å². The van der Waals surface area contributed by atoms with Crippen molar-refractivity contribution in [2.45, 2.75) is 45.1 Å². The fourth-order valence-electron chi connectivity index (χ4n) is 5.79. The molecule has 1 amide bonds. The molecule has 4 nitrogen and oxygen atoms in total. The van der Waals surface area contributed by atoms with E-state index in [0.29, 0.717) is 19.4 Å². The number of hydrogen-bond acceptors (Lipinski definition) is 3. The van der Waals surface area contributed by atoms with Gasteiger partial charge in [-0.1, -0.05) is 0 Å². The molecule has 0 aromatic heterocycles. The van der Waals surface area contributed by atoms with Crippen molar-refractivity contribution < 1.29 is 14.3 Å². The number of ketones is 1. The van der Waals surface area contributed by atoms with Crippen LogP contribution in [0, 0.1) is 5.92 Å². The molecule has 3 aromatic carbocycles. The molecule has 0 radical (unpaired) electrons. The Kier molecular flexibility index (Phi) is 6.89. The van der Waals surface area contributed by atoms with Crippen LogP contribution in [0.25, 0.3) is 0 Å². The van der Waals surface area contributed by atoms with Crippen LogP contribution in [0.4, 0.5) is 4.79 Å². The number of rotatable bonds is 6. The van der Waals surface area contributed by atoms with Crippen LogP contribution in [0.5, 0.6) is 0 Å². The molecular weight excluding hydrogens is 507 g/mol. The van der Waals surface area contributed by atoms with Gasteiger partial charge in [0.15, 0.2) is 0 Å². The Hall–Kier alpha value is -3.12. The summed E-state index contributed by atoms with van der Waals surface area (Å²) in [5.74, 6) is 0.275. The van der Waals surface area contributed by atoms with Gasteiger partial charge in [0.1, 0.15) is 0 Å². The summed E-state index contributed by atoms with van der Waals surface area (Å²) in [6.07, 6.45) is 2.54. The first kappa shape index (κ1) is 24.6. The van der Waals surface area contributed by atoms with Crippen molar-refractivity contribution in [3.63, 3.8) is 0 Å². The zero-order valence-corrected chi connectivity index (χ0v) is 23.1. The summed E-state index contributed by atoms with van der Waals surface area (Å²) in [4.78, 5) is 30.2. The van der Waals surface area contributed by atoms with Crippen molar-refractivity contribution in [1.29, 1.82) is 0 Å². The van der Waals surface area contributed by atoms with Gasteiger partial charge in [0.25, 0.3) is 0 Å². The van der Waals surface area contributed by atoms with E-state index in [1.165, 1.54) is 13.2 Å². The minimum absolute atomic E-state index is 0.00249. The van der Waals surface area contributed by atoms with E-state index in [0.717, 1.165) is 18.5 Å². The van der Waals surface area contributed by atoms with Gasteiger partial charge in [-0.05, 0) is 0 Å². The van der Waals surface area contributed by atoms with E-state index in [1.807, 2.05) is 4.90 Å². The zero-order valence-electron chi connectivity index (χ0n) is 21.0. The van der Waals surface area contributed by atoms with Gasteiger partial charge in [-0.3, -0.25) is 0 Å². The minimum atomic E-state index is -3.51. The Morgan fingerprint density at radius 2 is 1.36 bits per heavy atom. The summed E-state index contributed by atoms with van der Waals surface area (Å²) >= 11 is -3.51. The van der Waals surface area contributed by atoms with Gasteiger partial charge < -0.3 is 0 Å². The molecule has 0 spiro atoms. The Morgan fingerprint density at radius 3 is 1.78 bits per heavy atom. The molecule has 2 fully saturated rings. The molecule has 1 aliphatic carbocycles. The second-order valence-electron chi connectivity index (χ2n) is 10.5. The Morgan fingerprint density at radius 1 is 0.861 bits per heavy atom. The average Bonchev–Trinajstić information content (AvgIpc) is 3.18. The molecule has 2 aliphatic rings. The van der Waals surface area contributed by atoms with E-state index >= 15 is 0 Å². The van der Waals surface area contributed by atoms with Crippen LogP contribution in [0.1, 0.15) is 39.5 Å². The number of carbonyl (C=O) groups is 2. The molecule has 1 saturated carbocycles. The average molecular weight is 540 g/mol. The number of benzene rings is 3. The van der Waals surface area contributed by atoms with Crippen molar-refractivity contribution in [2.75, 3.05) is 6.61 Å². The Balaban J connectivity index is 1.84. The molecule has 1 unspecified atom stereocenters. The monoisotopic (exact) mass is 541 g/mol. The number of cyclic esters (lactones) is 1. The maximum atomic E-state index is 13.2. The first-order valence-electron chi connectivity index (χ1n) is 12.8. The molecular formula is C31H33GeNO3. The van der Waals surface area contributed by atoms with Gasteiger partial charge >= 0.3 is 217 Å². The molecule has 5 heteroatoms. The van der Waals surface area contributed by atoms with Crippen LogP contribution in [0.2, 0.25) is 0 Å². The predicted molar refractivity (Wildman–Crippen MR) is 146 cm³/mol. The van der Waals surface area contributed by atoms with E-state index in [4.69, 9.17) is 4.74 Å². The van der Waals surface area contributed by atoms with Gasteiger partial charge in [0.2, 0.25) is 0 Å². The number of ether oxygens (including phenoxy) is 1. The van der Waals surface area contributed by atoms with Gasteiger partial charge in [-0.25, -0.2) is 0 Å². The molecule has 0 N–H and O–H groups in total. The van der Waals surface area contributed by atoms with Crippen molar-refractivity contribution in [2.24, 2.45) is 5.92 Å². The normalized spacial score (nSPS) is 20.3. The van der Waals surface area contributed by atoms with Crippen LogP contribution in [-0.4, -0.2) is 42.2 Å². The van der Waals surface area contributed by atoms with E-state index in [-0.39, 0.29) is 17.8 Å². The summed E-state index contributed by atoms with van der Waals surface area (Å²) in [7, 11) is 0. The van der Waals surface area contributed by atoms with Crippen molar-refractivity contribution in [1.82, 2.24) is 4.90 Å². The third-order valence-corrected chi connectivity index (χ3v) is 16.9. The number of hydrogen-bond donors (Lipinski definition) is 0. The van der Waals surface area contributed by atoms with Crippen molar-refractivity contribution in [3.05, 3.63) is 102 Å². The molecule has 1 saturated heterocycles. The third-order valence-electron chi connectivity index (χ3n) is 7.55. The second kappa shape index (κ2) is 10.1. The SMILES string of the molecule is CC1(C)COC(=O)N1/C(=[CH]/[Ge]([c]1ccccc1)([c]1ccccc1)[c]1ccccc1)C1CCCC(=O)C1. The molecule has 3 aromatic rings. The van der Waals surface area contributed by atoms with E-state index in [1.54, 1.807) is 0 Å². The van der Waals surface area contributed by atoms with Crippen LogP contribution in [0.15, 0.2) is 102 Å². The molecule has 5 rings (SSSR count). The molecule has 1 heterocycles. The zero-order chi connectivity index (χ0) is 25.2. The Bertz CT molecular complexity index is 1160. The van der Waals surface area contributed by atoms with Crippen molar-refractivity contribution >= 4 is 38.3 Å². The van der Waals surface area contributed by atoms with E-state index in [2.05, 4.69) is 110 Å². The number of carbonyl (C=O) groups excluding carboxylic acids is 2. The number of allylic oxidation sites excluding steroid dienone is 1. The number of Topliss-reactive ketones (excluding diaryl/α,β-unsaturated/α-hetero) is 1. The third kappa shape index (κ3) is 4.55. The van der Waals surface area contributed by atoms with Crippen LogP contribution >= 0.6 is 0 Å². The first-order valence-corrected chi connectivity index (χ1v) is 17.2. The fourth-order valence-corrected chi connectivity index (χ4v) is 15.2. The molecule has 1 aliphatic heterocycles. The Labute approximate surface area is 216 Å². The van der Waals surface area contributed by atoms with Gasteiger partial charge in [-0.2, -0.15) is 0 Å². The molecule has 1 atom stereocenters. The first-order chi connectivity index (χ1) is 17.4.